The van der Waals surface area contributed by atoms with E-state index in [0.29, 0.717) is 12.3 Å². The van der Waals surface area contributed by atoms with E-state index in [1.165, 1.54) is 12.8 Å². The van der Waals surface area contributed by atoms with Crippen molar-refractivity contribution >= 4 is 5.97 Å². The van der Waals surface area contributed by atoms with Gasteiger partial charge in [-0.15, -0.1) is 0 Å². The molecule has 2 aliphatic rings. The Labute approximate surface area is 59.2 Å². The van der Waals surface area contributed by atoms with Crippen LogP contribution in [0.4, 0.5) is 0 Å². The molecule has 0 aromatic heterocycles. The van der Waals surface area contributed by atoms with E-state index >= 15 is 0 Å². The Kier molecular flexibility index (Phi) is 1.06. The lowest BCUT2D eigenvalue weighted by Crippen LogP contribution is -2.25. The second kappa shape index (κ2) is 1.72. The highest BCUT2D eigenvalue weighted by Crippen LogP contribution is 2.46. The quantitative estimate of drug-likeness (QED) is 0.513. The van der Waals surface area contributed by atoms with Gasteiger partial charge in [-0.05, 0) is 25.7 Å². The fourth-order valence-corrected chi connectivity index (χ4v) is 1.39. The molecule has 56 valence electrons. The molecular weight excluding hydrogens is 132 g/mol. The van der Waals surface area contributed by atoms with Gasteiger partial charge in [0, 0.05) is 0 Å². The van der Waals surface area contributed by atoms with Crippen molar-refractivity contribution in [3.05, 3.63) is 0 Å². The van der Waals surface area contributed by atoms with Crippen molar-refractivity contribution in [3.63, 3.8) is 0 Å². The van der Waals surface area contributed by atoms with Crippen LogP contribution in [0.25, 0.3) is 0 Å². The minimum Gasteiger partial charge on any atom is -0.298 e. The van der Waals surface area contributed by atoms with Gasteiger partial charge in [0.15, 0.2) is 0 Å². The maximum atomic E-state index is 10.6. The summed E-state index contributed by atoms with van der Waals surface area (Å²) in [6, 6.07) is 0. The summed E-state index contributed by atoms with van der Waals surface area (Å²) in [5.41, 5.74) is -0.295. The molecule has 1 unspecified atom stereocenters. The Morgan fingerprint density at radius 2 is 2.30 bits per heavy atom. The SMILES string of the molecule is CC1(C2CC2)CC(=O)OO1. The molecule has 10 heavy (non-hydrogen) atoms. The molecule has 1 aliphatic carbocycles. The first-order valence-electron chi connectivity index (χ1n) is 3.59. The van der Waals surface area contributed by atoms with Crippen molar-refractivity contribution in [2.45, 2.75) is 31.8 Å². The summed E-state index contributed by atoms with van der Waals surface area (Å²) >= 11 is 0. The molecule has 1 saturated carbocycles. The fourth-order valence-electron chi connectivity index (χ4n) is 1.39. The zero-order valence-electron chi connectivity index (χ0n) is 5.92. The first-order valence-corrected chi connectivity index (χ1v) is 3.59. The van der Waals surface area contributed by atoms with Gasteiger partial charge in [-0.2, -0.15) is 4.89 Å². The predicted molar refractivity (Wildman–Crippen MR) is 32.9 cm³/mol. The van der Waals surface area contributed by atoms with Gasteiger partial charge >= 0.3 is 5.97 Å². The molecule has 0 amide bonds. The molecule has 1 aliphatic heterocycles. The van der Waals surface area contributed by atoms with Gasteiger partial charge < -0.3 is 0 Å². The van der Waals surface area contributed by atoms with Crippen LogP contribution in [0.5, 0.6) is 0 Å². The summed E-state index contributed by atoms with van der Waals surface area (Å²) in [6.45, 7) is 1.94. The highest BCUT2D eigenvalue weighted by Gasteiger charge is 2.50. The topological polar surface area (TPSA) is 35.5 Å². The largest absolute Gasteiger partial charge is 0.345 e. The van der Waals surface area contributed by atoms with E-state index in [-0.39, 0.29) is 11.6 Å². The molecule has 0 N–H and O–H groups in total. The number of rotatable bonds is 1. The second-order valence-corrected chi connectivity index (χ2v) is 3.30. The maximum absolute atomic E-state index is 10.6. The molecule has 3 nitrogen and oxygen atoms in total. The van der Waals surface area contributed by atoms with E-state index < -0.39 is 0 Å². The zero-order valence-corrected chi connectivity index (χ0v) is 5.92. The second-order valence-electron chi connectivity index (χ2n) is 3.30. The van der Waals surface area contributed by atoms with Crippen LogP contribution in [0.15, 0.2) is 0 Å². The van der Waals surface area contributed by atoms with Crippen LogP contribution < -0.4 is 0 Å². The van der Waals surface area contributed by atoms with Gasteiger partial charge in [0.25, 0.3) is 0 Å². The summed E-state index contributed by atoms with van der Waals surface area (Å²) < 4.78 is 0. The molecule has 0 aromatic rings. The summed E-state index contributed by atoms with van der Waals surface area (Å²) in [5, 5.41) is 0. The van der Waals surface area contributed by atoms with Crippen molar-refractivity contribution in [1.82, 2.24) is 0 Å². The summed E-state index contributed by atoms with van der Waals surface area (Å²) in [5.74, 6) is 0.327. The van der Waals surface area contributed by atoms with Gasteiger partial charge in [-0.1, -0.05) is 0 Å². The van der Waals surface area contributed by atoms with Gasteiger partial charge in [0.1, 0.15) is 5.60 Å². The fraction of sp³-hybridized carbons (Fsp3) is 0.857. The van der Waals surface area contributed by atoms with E-state index in [9.17, 15) is 4.79 Å². The van der Waals surface area contributed by atoms with Crippen LogP contribution in [0.3, 0.4) is 0 Å². The summed E-state index contributed by atoms with van der Waals surface area (Å²) in [4.78, 5) is 20.0. The van der Waals surface area contributed by atoms with Gasteiger partial charge in [-0.3, -0.25) is 4.89 Å². The predicted octanol–water partition coefficient (Wildman–Crippen LogP) is 1.03. The standard InChI is InChI=1S/C7H10O3/c1-7(5-2-3-5)4-6(8)9-10-7/h5H,2-4H2,1H3. The smallest absolute Gasteiger partial charge is 0.298 e. The molecule has 1 atom stereocenters. The number of carbonyl (C=O) groups excluding carboxylic acids is 1. The third-order valence-corrected chi connectivity index (χ3v) is 2.26. The van der Waals surface area contributed by atoms with Crippen LogP contribution in [0.2, 0.25) is 0 Å². The Bertz CT molecular complexity index is 174. The Morgan fingerprint density at radius 3 is 2.70 bits per heavy atom. The van der Waals surface area contributed by atoms with E-state index in [0.717, 1.165) is 0 Å². The van der Waals surface area contributed by atoms with Crippen molar-refractivity contribution in [1.29, 1.82) is 0 Å². The summed E-state index contributed by atoms with van der Waals surface area (Å²) in [6.07, 6.45) is 2.78. The van der Waals surface area contributed by atoms with Gasteiger partial charge in [0.05, 0.1) is 6.42 Å². The molecule has 0 aromatic carbocycles. The molecule has 0 radical (unpaired) electrons. The number of hydrogen-bond donors (Lipinski definition) is 0. The lowest BCUT2D eigenvalue weighted by Gasteiger charge is -2.15. The molecule has 0 bridgehead atoms. The highest BCUT2D eigenvalue weighted by atomic mass is 17.2. The molecule has 0 spiro atoms. The first-order chi connectivity index (χ1) is 4.71. The molecule has 1 saturated heterocycles. The van der Waals surface area contributed by atoms with Crippen LogP contribution >= 0.6 is 0 Å². The molecule has 2 rings (SSSR count). The van der Waals surface area contributed by atoms with E-state index in [1.807, 2.05) is 6.92 Å². The lowest BCUT2D eigenvalue weighted by molar-refractivity contribution is -0.294. The number of carbonyl (C=O) groups is 1. The van der Waals surface area contributed by atoms with Crippen LogP contribution in [-0.2, 0) is 14.6 Å². The van der Waals surface area contributed by atoms with Crippen molar-refractivity contribution in [2.24, 2.45) is 5.92 Å². The first kappa shape index (κ1) is 6.16. The maximum Gasteiger partial charge on any atom is 0.345 e. The molecule has 1 heterocycles. The average molecular weight is 142 g/mol. The molecule has 2 fully saturated rings. The minimum absolute atomic E-state index is 0.227. The minimum atomic E-state index is -0.295. The molecule has 3 heteroatoms. The third kappa shape index (κ3) is 0.814. The normalized spacial score (nSPS) is 39.9. The zero-order chi connectivity index (χ0) is 7.19. The van der Waals surface area contributed by atoms with E-state index in [4.69, 9.17) is 4.89 Å². The number of hydrogen-bond acceptors (Lipinski definition) is 3. The Balaban J connectivity index is 2.08. The van der Waals surface area contributed by atoms with Crippen LogP contribution in [-0.4, -0.2) is 11.6 Å². The monoisotopic (exact) mass is 142 g/mol. The van der Waals surface area contributed by atoms with Crippen molar-refractivity contribution in [2.75, 3.05) is 0 Å². The van der Waals surface area contributed by atoms with Crippen molar-refractivity contribution < 1.29 is 14.6 Å². The lowest BCUT2D eigenvalue weighted by atomic mass is 9.97. The van der Waals surface area contributed by atoms with Crippen molar-refractivity contribution in [3.8, 4) is 0 Å². The third-order valence-electron chi connectivity index (χ3n) is 2.26. The Hall–Kier alpha value is -0.570. The van der Waals surface area contributed by atoms with Gasteiger partial charge in [0.2, 0.25) is 0 Å². The van der Waals surface area contributed by atoms with Gasteiger partial charge in [-0.25, -0.2) is 4.79 Å². The van der Waals surface area contributed by atoms with E-state index in [1.54, 1.807) is 0 Å². The van der Waals surface area contributed by atoms with Crippen LogP contribution in [0, 0.1) is 5.92 Å². The average Bonchev–Trinajstić information content (AvgIpc) is 2.62. The Morgan fingerprint density at radius 1 is 1.60 bits per heavy atom. The van der Waals surface area contributed by atoms with E-state index in [2.05, 4.69) is 4.89 Å². The molecular formula is C7H10O3. The van der Waals surface area contributed by atoms with Crippen LogP contribution in [0.1, 0.15) is 26.2 Å². The summed E-state index contributed by atoms with van der Waals surface area (Å²) in [7, 11) is 0. The highest BCUT2D eigenvalue weighted by molar-refractivity contribution is 5.71.